The van der Waals surface area contributed by atoms with Crippen LogP contribution in [0.25, 0.3) is 0 Å². The molecule has 0 atom stereocenters. The van der Waals surface area contributed by atoms with E-state index in [-0.39, 0.29) is 5.78 Å². The molecule has 4 heteroatoms. The molecule has 0 bridgehead atoms. The van der Waals surface area contributed by atoms with Crippen LogP contribution in [0.5, 0.6) is 0 Å². The lowest BCUT2D eigenvalue weighted by Gasteiger charge is -1.95. The fourth-order valence-corrected chi connectivity index (χ4v) is 1.90. The Morgan fingerprint density at radius 3 is 1.68 bits per heavy atom. The summed E-state index contributed by atoms with van der Waals surface area (Å²) in [4.78, 5) is 28.6. The predicted molar refractivity (Wildman–Crippen MR) is 103 cm³/mol. The highest BCUT2D eigenvalue weighted by Gasteiger charge is 1.93. The molecular weight excluding hydrogens is 312 g/mol. The van der Waals surface area contributed by atoms with E-state index >= 15 is 0 Å². The summed E-state index contributed by atoms with van der Waals surface area (Å²) < 4.78 is 0. The number of hydrogen-bond acceptors (Lipinski definition) is 4. The van der Waals surface area contributed by atoms with Gasteiger partial charge >= 0.3 is 0 Å². The van der Waals surface area contributed by atoms with Crippen LogP contribution in [0.4, 0.5) is 0 Å². The van der Waals surface area contributed by atoms with Gasteiger partial charge in [0.2, 0.25) is 0 Å². The highest BCUT2D eigenvalue weighted by atomic mass is 16.1. The van der Waals surface area contributed by atoms with E-state index in [0.717, 1.165) is 18.4 Å². The van der Waals surface area contributed by atoms with Crippen molar-refractivity contribution >= 4 is 11.6 Å². The van der Waals surface area contributed by atoms with Gasteiger partial charge in [-0.2, -0.15) is 0 Å². The SMILES string of the molecule is CC(=O)c1ccccc1.CCCCCCCC(C)=O.c1cnccn1. The normalized spacial score (nSPS) is 9.08. The molecule has 0 N–H and O–H groups in total. The molecule has 2 aromatic rings. The number of aromatic nitrogens is 2. The third-order valence-corrected chi connectivity index (χ3v) is 3.29. The van der Waals surface area contributed by atoms with Gasteiger partial charge in [-0.1, -0.05) is 62.9 Å². The molecular formula is C21H30N2O2. The van der Waals surface area contributed by atoms with E-state index in [0.29, 0.717) is 5.78 Å². The molecule has 0 saturated heterocycles. The van der Waals surface area contributed by atoms with E-state index in [1.165, 1.54) is 25.7 Å². The molecule has 0 aliphatic rings. The highest BCUT2D eigenvalue weighted by Crippen LogP contribution is 2.04. The number of carbonyl (C=O) groups is 2. The third kappa shape index (κ3) is 16.3. The summed E-state index contributed by atoms with van der Waals surface area (Å²) in [6.45, 7) is 5.43. The van der Waals surface area contributed by atoms with Crippen LogP contribution in [0.15, 0.2) is 55.1 Å². The predicted octanol–water partition coefficient (Wildman–Crippen LogP) is 5.30. The molecule has 0 unspecified atom stereocenters. The van der Waals surface area contributed by atoms with Crippen molar-refractivity contribution in [3.8, 4) is 0 Å². The van der Waals surface area contributed by atoms with Gasteiger partial charge in [0, 0.05) is 36.8 Å². The van der Waals surface area contributed by atoms with E-state index in [1.807, 2.05) is 30.3 Å². The fraction of sp³-hybridized carbons (Fsp3) is 0.429. The standard InChI is InChI=1S/C9H18O.C8H8O.C4H4N2/c1-3-4-5-6-7-8-9(2)10;1-7(9)8-5-3-2-4-6-8;1-2-6-4-3-5-1/h3-8H2,1-2H3;2-6H,1H3;1-4H. The number of hydrogen-bond donors (Lipinski definition) is 0. The molecule has 1 heterocycles. The van der Waals surface area contributed by atoms with Crippen LogP contribution in [-0.4, -0.2) is 21.5 Å². The van der Waals surface area contributed by atoms with Crippen LogP contribution in [0.1, 0.15) is 69.7 Å². The lowest BCUT2D eigenvalue weighted by Crippen LogP contribution is -1.88. The monoisotopic (exact) mass is 342 g/mol. The van der Waals surface area contributed by atoms with Crippen LogP contribution in [0, 0.1) is 0 Å². The van der Waals surface area contributed by atoms with Gasteiger partial charge in [-0.3, -0.25) is 14.8 Å². The molecule has 0 amide bonds. The van der Waals surface area contributed by atoms with Crippen molar-refractivity contribution in [3.63, 3.8) is 0 Å². The van der Waals surface area contributed by atoms with Gasteiger partial charge in [-0.25, -0.2) is 0 Å². The Bertz CT molecular complexity index is 530. The Kier molecular flexibility index (Phi) is 14.9. The number of benzene rings is 1. The minimum atomic E-state index is 0.121. The maximum absolute atomic E-state index is 10.6. The number of unbranched alkanes of at least 4 members (excludes halogenated alkanes) is 4. The van der Waals surface area contributed by atoms with E-state index in [9.17, 15) is 9.59 Å². The molecule has 0 aliphatic carbocycles. The molecule has 1 aromatic heterocycles. The number of Topliss-reactive ketones (excluding diaryl/α,β-unsaturated/α-hetero) is 2. The smallest absolute Gasteiger partial charge is 0.159 e. The Labute approximate surface area is 151 Å². The highest BCUT2D eigenvalue weighted by molar-refractivity contribution is 5.93. The van der Waals surface area contributed by atoms with Gasteiger partial charge in [0.05, 0.1) is 0 Å². The van der Waals surface area contributed by atoms with Crippen LogP contribution in [-0.2, 0) is 4.79 Å². The zero-order valence-electron chi connectivity index (χ0n) is 15.6. The zero-order valence-corrected chi connectivity index (χ0v) is 15.6. The summed E-state index contributed by atoms with van der Waals surface area (Å²) in [7, 11) is 0. The van der Waals surface area contributed by atoms with E-state index < -0.39 is 0 Å². The Morgan fingerprint density at radius 1 is 0.800 bits per heavy atom. The summed E-state index contributed by atoms with van der Waals surface area (Å²) >= 11 is 0. The number of rotatable bonds is 7. The summed E-state index contributed by atoms with van der Waals surface area (Å²) in [5.74, 6) is 0.451. The maximum Gasteiger partial charge on any atom is 0.159 e. The average molecular weight is 342 g/mol. The van der Waals surface area contributed by atoms with Gasteiger partial charge in [0.1, 0.15) is 5.78 Å². The third-order valence-electron chi connectivity index (χ3n) is 3.29. The van der Waals surface area contributed by atoms with Crippen molar-refractivity contribution in [1.29, 1.82) is 0 Å². The first-order valence-corrected chi connectivity index (χ1v) is 8.83. The van der Waals surface area contributed by atoms with Gasteiger partial charge < -0.3 is 4.79 Å². The molecule has 136 valence electrons. The molecule has 0 radical (unpaired) electrons. The maximum atomic E-state index is 10.6. The molecule has 25 heavy (non-hydrogen) atoms. The van der Waals surface area contributed by atoms with Gasteiger partial charge in [0.15, 0.2) is 5.78 Å². The van der Waals surface area contributed by atoms with Crippen molar-refractivity contribution in [1.82, 2.24) is 9.97 Å². The molecule has 0 saturated carbocycles. The Balaban J connectivity index is 0.000000355. The van der Waals surface area contributed by atoms with Gasteiger partial charge in [-0.05, 0) is 20.3 Å². The average Bonchev–Trinajstić information content (AvgIpc) is 2.64. The van der Waals surface area contributed by atoms with Crippen LogP contribution in [0.3, 0.4) is 0 Å². The van der Waals surface area contributed by atoms with Crippen LogP contribution in [0.2, 0.25) is 0 Å². The lowest BCUT2D eigenvalue weighted by atomic mass is 10.1. The summed E-state index contributed by atoms with van der Waals surface area (Å²) in [6.07, 6.45) is 13.5. The summed E-state index contributed by atoms with van der Waals surface area (Å²) in [5, 5.41) is 0. The second-order valence-electron chi connectivity index (χ2n) is 5.68. The van der Waals surface area contributed by atoms with E-state index in [1.54, 1.807) is 38.6 Å². The van der Waals surface area contributed by atoms with Crippen molar-refractivity contribution < 1.29 is 9.59 Å². The molecule has 1 aromatic carbocycles. The molecule has 4 nitrogen and oxygen atoms in total. The first kappa shape index (κ1) is 22.6. The fourth-order valence-electron chi connectivity index (χ4n) is 1.90. The van der Waals surface area contributed by atoms with Crippen LogP contribution >= 0.6 is 0 Å². The second kappa shape index (κ2) is 16.5. The number of nitrogens with zero attached hydrogens (tertiary/aromatic N) is 2. The molecule has 0 aliphatic heterocycles. The second-order valence-corrected chi connectivity index (χ2v) is 5.68. The van der Waals surface area contributed by atoms with Gasteiger partial charge in [0.25, 0.3) is 0 Å². The van der Waals surface area contributed by atoms with Crippen molar-refractivity contribution in [3.05, 3.63) is 60.7 Å². The largest absolute Gasteiger partial charge is 0.300 e. The Hall–Kier alpha value is -2.36. The quantitative estimate of drug-likeness (QED) is 0.506. The minimum absolute atomic E-state index is 0.121. The Morgan fingerprint density at radius 2 is 1.32 bits per heavy atom. The first-order chi connectivity index (χ1) is 12.1. The molecule has 2 rings (SSSR count). The van der Waals surface area contributed by atoms with Crippen molar-refractivity contribution in [2.45, 2.75) is 59.3 Å². The lowest BCUT2D eigenvalue weighted by molar-refractivity contribution is -0.117. The topological polar surface area (TPSA) is 59.9 Å². The number of carbonyl (C=O) groups excluding carboxylic acids is 2. The van der Waals surface area contributed by atoms with E-state index in [2.05, 4.69) is 16.9 Å². The summed E-state index contributed by atoms with van der Waals surface area (Å²) in [5.41, 5.74) is 0.775. The van der Waals surface area contributed by atoms with Crippen molar-refractivity contribution in [2.24, 2.45) is 0 Å². The van der Waals surface area contributed by atoms with Crippen molar-refractivity contribution in [2.75, 3.05) is 0 Å². The molecule has 0 spiro atoms. The summed E-state index contributed by atoms with van der Waals surface area (Å²) in [6, 6.07) is 9.23. The van der Waals surface area contributed by atoms with Crippen LogP contribution < -0.4 is 0 Å². The first-order valence-electron chi connectivity index (χ1n) is 8.83. The zero-order chi connectivity index (χ0) is 18.8. The number of ketones is 2. The van der Waals surface area contributed by atoms with E-state index in [4.69, 9.17) is 0 Å². The molecule has 0 fully saturated rings. The van der Waals surface area contributed by atoms with Gasteiger partial charge in [-0.15, -0.1) is 0 Å². The minimum Gasteiger partial charge on any atom is -0.300 e.